The van der Waals surface area contributed by atoms with Gasteiger partial charge in [0.25, 0.3) is 0 Å². The fraction of sp³-hybridized carbons (Fsp3) is 0.286. The van der Waals surface area contributed by atoms with Crippen molar-refractivity contribution in [2.45, 2.75) is 6.18 Å². The number of likely N-dealkylation sites (N-methyl/N-ethyl adjacent to an activating group) is 1. The summed E-state index contributed by atoms with van der Waals surface area (Å²) < 4.78 is 37.5. The highest BCUT2D eigenvalue weighted by Gasteiger charge is 2.30. The first kappa shape index (κ1) is 13.7. The van der Waals surface area contributed by atoms with Crippen LogP contribution >= 0.6 is 0 Å². The van der Waals surface area contributed by atoms with Crippen LogP contribution in [-0.4, -0.2) is 25.0 Å². The number of benzene rings is 1. The highest BCUT2D eigenvalue weighted by molar-refractivity contribution is 5.75. The summed E-state index contributed by atoms with van der Waals surface area (Å²) >= 11 is 0. The molecular formula is C14H15F3N2. The SMILES string of the molecule is CN1C=C(c2ccc(C(F)(F)F)cc2)C=C(CN)C1. The van der Waals surface area contributed by atoms with Crippen molar-refractivity contribution < 1.29 is 13.2 Å². The standard InChI is InChI=1S/C14H15F3N2/c1-19-8-10(7-18)6-12(9-19)11-2-4-13(5-3-11)14(15,16)17/h2-6,9H,7-8,18H2,1H3. The fourth-order valence-corrected chi connectivity index (χ4v) is 2.04. The second-order valence-corrected chi connectivity index (χ2v) is 4.58. The topological polar surface area (TPSA) is 29.3 Å². The monoisotopic (exact) mass is 268 g/mol. The zero-order valence-electron chi connectivity index (χ0n) is 10.5. The van der Waals surface area contributed by atoms with Gasteiger partial charge in [0.15, 0.2) is 0 Å². The van der Waals surface area contributed by atoms with Crippen LogP contribution in [0.4, 0.5) is 13.2 Å². The van der Waals surface area contributed by atoms with Crippen LogP contribution in [0, 0.1) is 0 Å². The van der Waals surface area contributed by atoms with Gasteiger partial charge in [-0.25, -0.2) is 0 Å². The van der Waals surface area contributed by atoms with Gasteiger partial charge in [-0.3, -0.25) is 0 Å². The number of nitrogens with two attached hydrogens (primary N) is 1. The van der Waals surface area contributed by atoms with Gasteiger partial charge in [0.05, 0.1) is 5.56 Å². The lowest BCUT2D eigenvalue weighted by molar-refractivity contribution is -0.137. The average molecular weight is 268 g/mol. The minimum absolute atomic E-state index is 0.447. The summed E-state index contributed by atoms with van der Waals surface area (Å²) in [5.74, 6) is 0. The summed E-state index contributed by atoms with van der Waals surface area (Å²) in [6, 6.07) is 5.17. The Morgan fingerprint density at radius 2 is 1.84 bits per heavy atom. The summed E-state index contributed by atoms with van der Waals surface area (Å²) in [7, 11) is 1.91. The van der Waals surface area contributed by atoms with Gasteiger partial charge in [0.1, 0.15) is 0 Å². The summed E-state index contributed by atoms with van der Waals surface area (Å²) in [4.78, 5) is 1.97. The molecule has 2 N–H and O–H groups in total. The van der Waals surface area contributed by atoms with E-state index in [1.54, 1.807) is 0 Å². The van der Waals surface area contributed by atoms with Gasteiger partial charge in [0.2, 0.25) is 0 Å². The van der Waals surface area contributed by atoms with Crippen molar-refractivity contribution in [1.29, 1.82) is 0 Å². The maximum atomic E-state index is 12.5. The van der Waals surface area contributed by atoms with Crippen LogP contribution in [0.3, 0.4) is 0 Å². The van der Waals surface area contributed by atoms with Crippen LogP contribution in [0.25, 0.3) is 5.57 Å². The van der Waals surface area contributed by atoms with E-state index < -0.39 is 11.7 Å². The molecule has 2 rings (SSSR count). The van der Waals surface area contributed by atoms with E-state index in [4.69, 9.17) is 5.73 Å². The summed E-state index contributed by atoms with van der Waals surface area (Å²) in [6.45, 7) is 1.20. The molecule has 19 heavy (non-hydrogen) atoms. The molecule has 0 atom stereocenters. The molecular weight excluding hydrogens is 253 g/mol. The largest absolute Gasteiger partial charge is 0.416 e. The minimum atomic E-state index is -4.30. The van der Waals surface area contributed by atoms with Crippen molar-refractivity contribution in [2.24, 2.45) is 5.73 Å². The van der Waals surface area contributed by atoms with Gasteiger partial charge in [0, 0.05) is 26.3 Å². The highest BCUT2D eigenvalue weighted by atomic mass is 19.4. The first-order chi connectivity index (χ1) is 8.90. The molecule has 0 saturated carbocycles. The molecule has 0 amide bonds. The molecule has 0 aliphatic carbocycles. The molecule has 0 saturated heterocycles. The van der Waals surface area contributed by atoms with Crippen molar-refractivity contribution in [3.8, 4) is 0 Å². The van der Waals surface area contributed by atoms with Gasteiger partial charge in [-0.05, 0) is 28.8 Å². The third-order valence-electron chi connectivity index (χ3n) is 2.98. The van der Waals surface area contributed by atoms with E-state index in [1.807, 2.05) is 24.2 Å². The molecule has 1 aliphatic heterocycles. The number of nitrogens with zero attached hydrogens (tertiary/aromatic N) is 1. The summed E-state index contributed by atoms with van der Waals surface area (Å²) in [5, 5.41) is 0. The Bertz CT molecular complexity index is 512. The molecule has 0 fully saturated rings. The molecule has 0 spiro atoms. The van der Waals surface area contributed by atoms with E-state index in [0.29, 0.717) is 6.54 Å². The molecule has 1 aromatic carbocycles. The number of halogens is 3. The van der Waals surface area contributed by atoms with E-state index in [9.17, 15) is 13.2 Å². The number of hydrogen-bond donors (Lipinski definition) is 1. The molecule has 1 aliphatic rings. The van der Waals surface area contributed by atoms with E-state index in [2.05, 4.69) is 0 Å². The average Bonchev–Trinajstić information content (AvgIpc) is 2.37. The zero-order valence-corrected chi connectivity index (χ0v) is 10.5. The van der Waals surface area contributed by atoms with Crippen LogP contribution < -0.4 is 5.73 Å². The van der Waals surface area contributed by atoms with Crippen LogP contribution in [0.2, 0.25) is 0 Å². The van der Waals surface area contributed by atoms with E-state index in [-0.39, 0.29) is 0 Å². The van der Waals surface area contributed by atoms with Gasteiger partial charge in [-0.1, -0.05) is 18.2 Å². The van der Waals surface area contributed by atoms with Crippen LogP contribution in [0.5, 0.6) is 0 Å². The predicted molar refractivity (Wildman–Crippen MR) is 69.2 cm³/mol. The van der Waals surface area contributed by atoms with E-state index >= 15 is 0 Å². The molecule has 1 aromatic rings. The molecule has 102 valence electrons. The number of rotatable bonds is 2. The molecule has 1 heterocycles. The van der Waals surface area contributed by atoms with Crippen molar-refractivity contribution in [1.82, 2.24) is 4.90 Å². The molecule has 0 aromatic heterocycles. The zero-order chi connectivity index (χ0) is 14.0. The Hall–Kier alpha value is -1.75. The number of hydrogen-bond acceptors (Lipinski definition) is 2. The molecule has 0 bridgehead atoms. The van der Waals surface area contributed by atoms with Crippen LogP contribution in [0.15, 0.2) is 42.1 Å². The third kappa shape index (κ3) is 3.17. The van der Waals surface area contributed by atoms with Crippen LogP contribution in [-0.2, 0) is 6.18 Å². The normalized spacial score (nSPS) is 16.2. The maximum Gasteiger partial charge on any atom is 0.416 e. The van der Waals surface area contributed by atoms with Gasteiger partial charge < -0.3 is 10.6 Å². The number of alkyl halides is 3. The smallest absolute Gasteiger partial charge is 0.376 e. The number of allylic oxidation sites excluding steroid dienone is 2. The van der Waals surface area contributed by atoms with Crippen molar-refractivity contribution in [3.05, 3.63) is 53.2 Å². The van der Waals surface area contributed by atoms with E-state index in [1.165, 1.54) is 12.1 Å². The van der Waals surface area contributed by atoms with E-state index in [0.717, 1.165) is 35.4 Å². The lowest BCUT2D eigenvalue weighted by Gasteiger charge is -2.23. The van der Waals surface area contributed by atoms with Crippen molar-refractivity contribution >= 4 is 5.57 Å². The first-order valence-corrected chi connectivity index (χ1v) is 5.89. The Labute approximate surface area is 110 Å². The summed E-state index contributed by atoms with van der Waals surface area (Å²) in [6.07, 6.45) is -0.459. The quantitative estimate of drug-likeness (QED) is 0.893. The highest BCUT2D eigenvalue weighted by Crippen LogP contribution is 2.31. The predicted octanol–water partition coefficient (Wildman–Crippen LogP) is 2.88. The second kappa shape index (κ2) is 5.09. The summed E-state index contributed by atoms with van der Waals surface area (Å²) in [5.41, 5.74) is 7.67. The lowest BCUT2D eigenvalue weighted by atomic mass is 9.99. The first-order valence-electron chi connectivity index (χ1n) is 5.89. The van der Waals surface area contributed by atoms with Crippen molar-refractivity contribution in [3.63, 3.8) is 0 Å². The Kier molecular flexibility index (Phi) is 3.66. The van der Waals surface area contributed by atoms with Gasteiger partial charge in [-0.15, -0.1) is 0 Å². The third-order valence-corrected chi connectivity index (χ3v) is 2.98. The lowest BCUT2D eigenvalue weighted by Crippen LogP contribution is -2.22. The molecule has 2 nitrogen and oxygen atoms in total. The molecule has 5 heteroatoms. The van der Waals surface area contributed by atoms with Gasteiger partial charge in [-0.2, -0.15) is 13.2 Å². The Morgan fingerprint density at radius 1 is 1.21 bits per heavy atom. The Morgan fingerprint density at radius 3 is 2.37 bits per heavy atom. The van der Waals surface area contributed by atoms with Gasteiger partial charge >= 0.3 is 6.18 Å². The maximum absolute atomic E-state index is 12.5. The Balaban J connectivity index is 2.30. The van der Waals surface area contributed by atoms with Crippen molar-refractivity contribution in [2.75, 3.05) is 20.1 Å². The molecule has 0 radical (unpaired) electrons. The van der Waals surface area contributed by atoms with Crippen LogP contribution in [0.1, 0.15) is 11.1 Å². The fourth-order valence-electron chi connectivity index (χ4n) is 2.04. The molecule has 0 unspecified atom stereocenters. The minimum Gasteiger partial charge on any atom is -0.376 e. The second-order valence-electron chi connectivity index (χ2n) is 4.58.